The Morgan fingerprint density at radius 1 is 1.22 bits per heavy atom. The van der Waals surface area contributed by atoms with E-state index < -0.39 is 5.91 Å². The Kier molecular flexibility index (Phi) is 6.02. The van der Waals surface area contributed by atoms with Gasteiger partial charge in [0, 0.05) is 31.0 Å². The maximum absolute atomic E-state index is 14.7. The number of rotatable bonds is 6. The van der Waals surface area contributed by atoms with Crippen molar-refractivity contribution in [2.75, 3.05) is 24.2 Å². The fourth-order valence-electron chi connectivity index (χ4n) is 3.69. The summed E-state index contributed by atoms with van der Waals surface area (Å²) in [4.78, 5) is 22.6. The molecule has 2 aromatic carbocycles. The summed E-state index contributed by atoms with van der Waals surface area (Å²) >= 11 is 0. The van der Waals surface area contributed by atoms with Crippen molar-refractivity contribution in [1.82, 2.24) is 14.9 Å². The molecule has 0 bridgehead atoms. The minimum atomic E-state index is -0.676. The first-order valence-corrected chi connectivity index (χ1v) is 10.4. The summed E-state index contributed by atoms with van der Waals surface area (Å²) in [6.45, 7) is 3.52. The number of likely N-dealkylation sites (N-methyl/N-ethyl adjacent to an activating group) is 1. The van der Waals surface area contributed by atoms with Gasteiger partial charge in [-0.2, -0.15) is 4.98 Å². The SMILES string of the molecule is CC(N)c1cccc(Nc2nc(Nc3cc4c(cc3F)CCN(C)C4)ncc2C(N)=O)c1. The number of benzene rings is 2. The third-order valence-electron chi connectivity index (χ3n) is 5.47. The van der Waals surface area contributed by atoms with Gasteiger partial charge in [-0.15, -0.1) is 0 Å². The topological polar surface area (TPSA) is 122 Å². The van der Waals surface area contributed by atoms with Crippen LogP contribution in [-0.2, 0) is 13.0 Å². The van der Waals surface area contributed by atoms with E-state index in [0.717, 1.165) is 36.2 Å². The second-order valence-electron chi connectivity index (χ2n) is 8.07. The van der Waals surface area contributed by atoms with Gasteiger partial charge in [0.2, 0.25) is 5.95 Å². The third kappa shape index (κ3) is 4.68. The Balaban J connectivity index is 1.64. The molecule has 0 spiro atoms. The predicted molar refractivity (Wildman–Crippen MR) is 123 cm³/mol. The van der Waals surface area contributed by atoms with Crippen LogP contribution in [0.5, 0.6) is 0 Å². The number of aromatic nitrogens is 2. The van der Waals surface area contributed by atoms with Gasteiger partial charge < -0.3 is 27.0 Å². The minimum absolute atomic E-state index is 0.120. The van der Waals surface area contributed by atoms with E-state index in [1.165, 1.54) is 6.20 Å². The smallest absolute Gasteiger partial charge is 0.254 e. The highest BCUT2D eigenvalue weighted by Gasteiger charge is 2.18. The Morgan fingerprint density at radius 3 is 2.78 bits per heavy atom. The van der Waals surface area contributed by atoms with Gasteiger partial charge in [-0.1, -0.05) is 12.1 Å². The van der Waals surface area contributed by atoms with Crippen molar-refractivity contribution < 1.29 is 9.18 Å². The maximum Gasteiger partial charge on any atom is 0.254 e. The Bertz CT molecular complexity index is 1170. The van der Waals surface area contributed by atoms with E-state index >= 15 is 0 Å². The van der Waals surface area contributed by atoms with Gasteiger partial charge in [0.25, 0.3) is 5.91 Å². The van der Waals surface area contributed by atoms with E-state index in [4.69, 9.17) is 11.5 Å². The lowest BCUT2D eigenvalue weighted by molar-refractivity contribution is 0.100. The highest BCUT2D eigenvalue weighted by molar-refractivity contribution is 5.98. The van der Waals surface area contributed by atoms with Crippen LogP contribution in [0.25, 0.3) is 0 Å². The molecule has 9 heteroatoms. The van der Waals surface area contributed by atoms with Gasteiger partial charge in [0.15, 0.2) is 0 Å². The number of carbonyl (C=O) groups is 1. The summed E-state index contributed by atoms with van der Waals surface area (Å²) in [5.74, 6) is -0.695. The van der Waals surface area contributed by atoms with E-state index in [2.05, 4.69) is 25.5 Å². The fraction of sp³-hybridized carbons (Fsp3) is 0.261. The average Bonchev–Trinajstić information content (AvgIpc) is 2.75. The van der Waals surface area contributed by atoms with Crippen LogP contribution in [0.3, 0.4) is 0 Å². The minimum Gasteiger partial charge on any atom is -0.365 e. The summed E-state index contributed by atoms with van der Waals surface area (Å²) in [7, 11) is 2.03. The highest BCUT2D eigenvalue weighted by Crippen LogP contribution is 2.28. The molecule has 1 aliphatic heterocycles. The summed E-state index contributed by atoms with van der Waals surface area (Å²) in [5, 5.41) is 6.03. The second kappa shape index (κ2) is 8.89. The van der Waals surface area contributed by atoms with Crippen molar-refractivity contribution in [2.45, 2.75) is 25.9 Å². The summed E-state index contributed by atoms with van der Waals surface area (Å²) in [6.07, 6.45) is 2.13. The first kappa shape index (κ1) is 21.7. The Labute approximate surface area is 185 Å². The standard InChI is InChI=1S/C23H26FN7O/c1-13(25)14-4-3-5-17(8-14)28-22-18(21(26)32)11-27-23(30-22)29-20-10-16-12-31(2)7-6-15(16)9-19(20)24/h3-5,8-11,13H,6-7,12,25H2,1-2H3,(H2,26,32)(H2,27,28,29,30). The maximum atomic E-state index is 14.7. The molecule has 1 aliphatic rings. The monoisotopic (exact) mass is 435 g/mol. The van der Waals surface area contributed by atoms with Crippen LogP contribution < -0.4 is 22.1 Å². The fourth-order valence-corrected chi connectivity index (χ4v) is 3.69. The molecule has 1 aromatic heterocycles. The van der Waals surface area contributed by atoms with Crippen molar-refractivity contribution in [3.8, 4) is 0 Å². The molecule has 1 amide bonds. The number of amides is 1. The van der Waals surface area contributed by atoms with Crippen LogP contribution in [0.2, 0.25) is 0 Å². The summed E-state index contributed by atoms with van der Waals surface area (Å²) in [6, 6.07) is 10.6. The number of primary amides is 1. The zero-order valence-electron chi connectivity index (χ0n) is 18.0. The number of nitrogens with two attached hydrogens (primary N) is 2. The lowest BCUT2D eigenvalue weighted by Crippen LogP contribution is -2.26. The van der Waals surface area contributed by atoms with Crippen molar-refractivity contribution in [2.24, 2.45) is 11.5 Å². The van der Waals surface area contributed by atoms with Crippen molar-refractivity contribution in [3.63, 3.8) is 0 Å². The highest BCUT2D eigenvalue weighted by atomic mass is 19.1. The van der Waals surface area contributed by atoms with E-state index in [-0.39, 0.29) is 34.9 Å². The Morgan fingerprint density at radius 2 is 2.03 bits per heavy atom. The zero-order valence-corrected chi connectivity index (χ0v) is 18.0. The van der Waals surface area contributed by atoms with Gasteiger partial charge >= 0.3 is 0 Å². The van der Waals surface area contributed by atoms with E-state index in [1.54, 1.807) is 12.1 Å². The average molecular weight is 436 g/mol. The lowest BCUT2D eigenvalue weighted by atomic mass is 9.99. The van der Waals surface area contributed by atoms with Crippen LogP contribution >= 0.6 is 0 Å². The lowest BCUT2D eigenvalue weighted by Gasteiger charge is -2.25. The molecular weight excluding hydrogens is 409 g/mol. The molecule has 3 aromatic rings. The molecule has 0 saturated heterocycles. The van der Waals surface area contributed by atoms with E-state index in [0.29, 0.717) is 5.69 Å². The number of halogens is 1. The van der Waals surface area contributed by atoms with E-state index in [1.807, 2.05) is 38.2 Å². The molecule has 1 unspecified atom stereocenters. The zero-order chi connectivity index (χ0) is 22.8. The van der Waals surface area contributed by atoms with Gasteiger partial charge in [-0.3, -0.25) is 4.79 Å². The van der Waals surface area contributed by atoms with Crippen LogP contribution in [0.15, 0.2) is 42.6 Å². The predicted octanol–water partition coefficient (Wildman–Crippen LogP) is 3.21. The number of fused-ring (bicyclic) bond motifs is 1. The molecule has 0 aliphatic carbocycles. The van der Waals surface area contributed by atoms with Gasteiger partial charge in [-0.05, 0) is 61.3 Å². The molecule has 2 heterocycles. The van der Waals surface area contributed by atoms with Gasteiger partial charge in [-0.25, -0.2) is 9.37 Å². The molecule has 8 nitrogen and oxygen atoms in total. The molecule has 32 heavy (non-hydrogen) atoms. The molecule has 4 rings (SSSR count). The molecular formula is C23H26FN7O. The summed E-state index contributed by atoms with van der Waals surface area (Å²) < 4.78 is 14.7. The number of anilines is 4. The third-order valence-corrected chi connectivity index (χ3v) is 5.47. The number of hydrogen-bond donors (Lipinski definition) is 4. The number of nitrogens with one attached hydrogen (secondary N) is 2. The molecule has 0 radical (unpaired) electrons. The quantitative estimate of drug-likeness (QED) is 0.469. The molecule has 166 valence electrons. The first-order valence-electron chi connectivity index (χ1n) is 10.4. The van der Waals surface area contributed by atoms with Crippen LogP contribution in [0.1, 0.15) is 40.0 Å². The second-order valence-corrected chi connectivity index (χ2v) is 8.07. The number of hydrogen-bond acceptors (Lipinski definition) is 7. The Hall–Kier alpha value is -3.56. The number of carbonyl (C=O) groups excluding carboxylic acids is 1. The molecule has 0 fully saturated rings. The van der Waals surface area contributed by atoms with E-state index in [9.17, 15) is 9.18 Å². The van der Waals surface area contributed by atoms with Crippen molar-refractivity contribution in [3.05, 3.63) is 70.7 Å². The molecule has 1 atom stereocenters. The first-order chi connectivity index (χ1) is 15.3. The van der Waals surface area contributed by atoms with Gasteiger partial charge in [0.05, 0.1) is 5.69 Å². The largest absolute Gasteiger partial charge is 0.365 e. The van der Waals surface area contributed by atoms with Crippen molar-refractivity contribution >= 4 is 29.0 Å². The molecule has 6 N–H and O–H groups in total. The normalized spacial score (nSPS) is 14.5. The molecule has 0 saturated carbocycles. The van der Waals surface area contributed by atoms with Crippen molar-refractivity contribution in [1.29, 1.82) is 0 Å². The van der Waals surface area contributed by atoms with Gasteiger partial charge in [0.1, 0.15) is 17.2 Å². The van der Waals surface area contributed by atoms with Crippen LogP contribution in [-0.4, -0.2) is 34.4 Å². The summed E-state index contributed by atoms with van der Waals surface area (Å²) in [5.41, 5.74) is 15.5. The van der Waals surface area contributed by atoms with Crippen LogP contribution in [0, 0.1) is 5.82 Å². The number of nitrogens with zero attached hydrogens (tertiary/aromatic N) is 3. The van der Waals surface area contributed by atoms with Crippen LogP contribution in [0.4, 0.5) is 27.5 Å².